The van der Waals surface area contributed by atoms with Gasteiger partial charge in [-0.25, -0.2) is 0 Å². The maximum atomic E-state index is 13.2. The van der Waals surface area contributed by atoms with Crippen LogP contribution in [0.3, 0.4) is 0 Å². The molecule has 696 valence electrons. The molecule has 1 aromatic rings. The zero-order valence-corrected chi connectivity index (χ0v) is 79.2. The molecule has 0 radical (unpaired) electrons. The molecule has 2 aliphatic carbocycles. The summed E-state index contributed by atoms with van der Waals surface area (Å²) in [6, 6.07) is 8.06. The lowest BCUT2D eigenvalue weighted by Gasteiger charge is -2.36. The molecule has 0 aromatic heterocycles. The van der Waals surface area contributed by atoms with Gasteiger partial charge in [0.25, 0.3) is 0 Å². The maximum absolute atomic E-state index is 13.2. The fourth-order valence-electron chi connectivity index (χ4n) is 20.5. The largest absolute Gasteiger partial charge is 0.369 e. The fourth-order valence-corrected chi connectivity index (χ4v) is 20.5. The van der Waals surface area contributed by atoms with Crippen LogP contribution < -0.4 is 16.0 Å². The van der Waals surface area contributed by atoms with Crippen molar-refractivity contribution in [1.82, 2.24) is 45.3 Å². The van der Waals surface area contributed by atoms with Gasteiger partial charge in [0.1, 0.15) is 17.3 Å². The first kappa shape index (κ1) is 104. The molecular weight excluding hydrogens is 1570 g/mol. The van der Waals surface area contributed by atoms with E-state index >= 15 is 0 Å². The van der Waals surface area contributed by atoms with Crippen LogP contribution in [-0.2, 0) is 68.6 Å². The minimum atomic E-state index is -0.601. The monoisotopic (exact) mass is 1730 g/mol. The van der Waals surface area contributed by atoms with Gasteiger partial charge in [-0.05, 0) is 261 Å². The first-order valence-electron chi connectivity index (χ1n) is 48.6. The summed E-state index contributed by atoms with van der Waals surface area (Å²) in [5.74, 6) is 6.80. The van der Waals surface area contributed by atoms with E-state index in [1.165, 1.54) is 64.7 Å². The van der Waals surface area contributed by atoms with E-state index in [0.717, 1.165) is 236 Å². The number of Topliss-reactive ketones (excluding diaryl/α,β-unsaturated/α-hetero) is 5. The Bertz CT molecular complexity index is 3690. The SMILES string of the molecule is C=C(C(C)=O)N1CCC(CCC(=O)NC(C)(C)c2cccc(C(C)(C)NC(=O)C3CCN(C(=C)C(C)=O)CC3)c2)CC1.C=C(C)C(=O)N1CCC(CCC(=O)CC2CCCC(CC3CCCC(CC(=O)CCC4CCN(C(=O)C(=C)C)CC4)C3)C2)CC1.C=C(C)C(=O)N1CCC(CCC(=O)CCCCCCCNC(=O)CCC2CCN(C(=O)C(=C)C)CC2)CC1. The van der Waals surface area contributed by atoms with E-state index in [4.69, 9.17) is 0 Å². The van der Waals surface area contributed by atoms with Crippen LogP contribution in [0.15, 0.2) is 97.4 Å². The first-order valence-corrected chi connectivity index (χ1v) is 48.6. The van der Waals surface area contributed by atoms with Crippen molar-refractivity contribution in [2.45, 2.75) is 331 Å². The Morgan fingerprint density at radius 2 is 0.656 bits per heavy atom. The van der Waals surface area contributed by atoms with E-state index in [9.17, 15) is 57.5 Å². The third-order valence-electron chi connectivity index (χ3n) is 28.8. The third kappa shape index (κ3) is 36.2. The Morgan fingerprint density at radius 1 is 0.344 bits per heavy atom. The summed E-state index contributed by atoms with van der Waals surface area (Å²) in [5.41, 5.74) is 4.27. The number of unbranched alkanes of at least 4 members (excludes halogenated alkanes) is 4. The van der Waals surface area contributed by atoms with E-state index in [0.29, 0.717) is 157 Å². The predicted octanol–water partition coefficient (Wildman–Crippen LogP) is 18.1. The van der Waals surface area contributed by atoms with E-state index in [-0.39, 0.29) is 58.8 Å². The molecule has 3 N–H and O–H groups in total. The number of benzene rings is 1. The number of hydrogen-bond donors (Lipinski definition) is 3. The molecule has 6 heterocycles. The topological polar surface area (TPSA) is 260 Å². The molecule has 6 saturated heterocycles. The highest BCUT2D eigenvalue weighted by molar-refractivity contribution is 5.95. The van der Waals surface area contributed by atoms with Gasteiger partial charge in [0, 0.05) is 179 Å². The second-order valence-electron chi connectivity index (χ2n) is 40.2. The first-order chi connectivity index (χ1) is 59.3. The standard InChI is InChI=1S/C39H62N2O4.C34H50N4O4.C31H51N3O4/c1-28(2)38(44)40-19-15-30(16-20-40)11-13-36(42)26-34-9-5-7-32(24-34)23-33-8-6-10-35(25-33)27-37(43)14-12-31-17-21-41(22-18-31)39(45)29(3)4;1-23(25(3)39)37-18-14-27(15-19-37)12-13-31(41)35-33(5,6)29-10-9-11-30(22-29)34(7,8)36-32(42)28-16-20-38(21-17-28)24(2)26(4)40;1-24(2)30(37)33-20-15-26(16-21-33)11-13-28(35)10-8-6-5-7-9-19-32-29(36)14-12-27-17-22-34(23-18-27)31(38)25(3)4/h30-35H,1,3,5-27H2,2,4H3;9-11,22,27-28H,1-2,12-21H2,3-8H3,(H,35,41)(H,36,42);26-27H,1,3,5-23H2,2,4H3,(H,32,36). The molecule has 8 aliphatic rings. The number of nitrogens with zero attached hydrogens (tertiary/aromatic N) is 6. The van der Waals surface area contributed by atoms with Crippen molar-refractivity contribution >= 4 is 70.3 Å². The smallest absolute Gasteiger partial charge is 0.248 e. The van der Waals surface area contributed by atoms with Gasteiger partial charge in [-0.2, -0.15) is 0 Å². The zero-order valence-electron chi connectivity index (χ0n) is 79.2. The number of allylic oxidation sites excluding steroid dienone is 2. The summed E-state index contributed by atoms with van der Waals surface area (Å²) in [7, 11) is 0. The highest BCUT2D eigenvalue weighted by atomic mass is 16.2. The maximum Gasteiger partial charge on any atom is 0.248 e. The van der Waals surface area contributed by atoms with E-state index in [1.54, 1.807) is 34.6 Å². The van der Waals surface area contributed by atoms with Crippen molar-refractivity contribution in [2.75, 3.05) is 85.1 Å². The van der Waals surface area contributed by atoms with Crippen LogP contribution in [0.25, 0.3) is 0 Å². The molecule has 4 unspecified atom stereocenters. The van der Waals surface area contributed by atoms with Crippen LogP contribution in [0.5, 0.6) is 0 Å². The van der Waals surface area contributed by atoms with Gasteiger partial charge < -0.3 is 45.3 Å². The van der Waals surface area contributed by atoms with Crippen molar-refractivity contribution < 1.29 is 57.5 Å². The minimum Gasteiger partial charge on any atom is -0.369 e. The van der Waals surface area contributed by atoms with Gasteiger partial charge in [-0.3, -0.25) is 57.5 Å². The highest BCUT2D eigenvalue weighted by Gasteiger charge is 2.36. The highest BCUT2D eigenvalue weighted by Crippen LogP contribution is 2.42. The normalized spacial score (nSPS) is 20.5. The predicted molar refractivity (Wildman–Crippen MR) is 500 cm³/mol. The van der Waals surface area contributed by atoms with E-state index < -0.39 is 11.1 Å². The zero-order chi connectivity index (χ0) is 91.5. The molecule has 2 saturated carbocycles. The van der Waals surface area contributed by atoms with E-state index in [2.05, 4.69) is 66.4 Å². The third-order valence-corrected chi connectivity index (χ3v) is 28.8. The van der Waals surface area contributed by atoms with Crippen LogP contribution in [0, 0.1) is 59.2 Å². The number of ketones is 5. The average Bonchev–Trinajstić information content (AvgIpc) is 0.799. The van der Waals surface area contributed by atoms with Crippen molar-refractivity contribution in [3.05, 3.63) is 109 Å². The number of carbonyl (C=O) groups excluding carboxylic acids is 12. The van der Waals surface area contributed by atoms with Crippen molar-refractivity contribution in [3.63, 3.8) is 0 Å². The number of rotatable bonds is 42. The number of amides is 7. The lowest BCUT2D eigenvalue weighted by molar-refractivity contribution is -0.129. The Labute approximate surface area is 752 Å². The van der Waals surface area contributed by atoms with Gasteiger partial charge >= 0.3 is 0 Å². The second-order valence-corrected chi connectivity index (χ2v) is 40.2. The van der Waals surface area contributed by atoms with Crippen molar-refractivity contribution in [1.29, 1.82) is 0 Å². The molecule has 0 spiro atoms. The molecule has 0 bridgehead atoms. The molecule has 4 atom stereocenters. The van der Waals surface area contributed by atoms with Gasteiger partial charge in [-0.1, -0.05) is 122 Å². The Morgan fingerprint density at radius 3 is 1.02 bits per heavy atom. The fraction of sp³-hybridized carbons (Fsp3) is 0.712. The van der Waals surface area contributed by atoms with Gasteiger partial charge in [0.05, 0.1) is 22.5 Å². The van der Waals surface area contributed by atoms with Crippen LogP contribution >= 0.6 is 0 Å². The van der Waals surface area contributed by atoms with Crippen LogP contribution in [0.4, 0.5) is 0 Å². The quantitative estimate of drug-likeness (QED) is 0.0406. The summed E-state index contributed by atoms with van der Waals surface area (Å²) >= 11 is 0. The van der Waals surface area contributed by atoms with Gasteiger partial charge in [0.15, 0.2) is 11.6 Å². The lowest BCUT2D eigenvalue weighted by atomic mass is 9.71. The second kappa shape index (κ2) is 52.4. The molecule has 7 amide bonds. The molecule has 9 rings (SSSR count). The number of likely N-dealkylation sites (tertiary alicyclic amines) is 6. The summed E-state index contributed by atoms with van der Waals surface area (Å²) in [6.45, 7) is 50.9. The molecule has 125 heavy (non-hydrogen) atoms. The van der Waals surface area contributed by atoms with Gasteiger partial charge in [0.2, 0.25) is 41.4 Å². The summed E-state index contributed by atoms with van der Waals surface area (Å²) in [5, 5.41) is 9.50. The molecule has 6 aliphatic heterocycles. The van der Waals surface area contributed by atoms with E-state index in [1.807, 2.05) is 70.4 Å². The molecule has 21 nitrogen and oxygen atoms in total. The van der Waals surface area contributed by atoms with Crippen molar-refractivity contribution in [2.24, 2.45) is 59.2 Å². The Kier molecular flexibility index (Phi) is 43.6. The minimum absolute atomic E-state index is 0.0135. The van der Waals surface area contributed by atoms with Crippen molar-refractivity contribution in [3.8, 4) is 0 Å². The van der Waals surface area contributed by atoms with Crippen LogP contribution in [0.2, 0.25) is 0 Å². The van der Waals surface area contributed by atoms with Crippen LogP contribution in [0.1, 0.15) is 331 Å². The molecule has 1 aromatic carbocycles. The number of nitrogens with one attached hydrogen (secondary N) is 3. The van der Waals surface area contributed by atoms with Crippen LogP contribution in [-0.4, -0.2) is 185 Å². The molecule has 8 fully saturated rings. The van der Waals surface area contributed by atoms with Gasteiger partial charge in [-0.15, -0.1) is 0 Å². The summed E-state index contributed by atoms with van der Waals surface area (Å²) in [4.78, 5) is 160. The number of carbonyl (C=O) groups is 12. The molecule has 21 heteroatoms. The number of piperidine rings is 6. The average molecular weight is 1730 g/mol. The molecular formula is C104H163N9O12. The Balaban J connectivity index is 0.000000258. The Hall–Kier alpha value is -8.10. The lowest BCUT2D eigenvalue weighted by Crippen LogP contribution is -2.47. The number of hydrogen-bond acceptors (Lipinski definition) is 14. The summed E-state index contributed by atoms with van der Waals surface area (Å²) < 4.78 is 0. The summed E-state index contributed by atoms with van der Waals surface area (Å²) in [6.07, 6.45) is 37.5.